The van der Waals surface area contributed by atoms with Gasteiger partial charge in [0.1, 0.15) is 0 Å². The van der Waals surface area contributed by atoms with Crippen LogP contribution in [0, 0.1) is 0 Å². The predicted molar refractivity (Wildman–Crippen MR) is 45.1 cm³/mol. The summed E-state index contributed by atoms with van der Waals surface area (Å²) < 4.78 is 12.4. The molecule has 4 heteroatoms. The second-order valence-electron chi connectivity index (χ2n) is 2.74. The maximum absolute atomic E-state index is 5.09. The van der Waals surface area contributed by atoms with E-state index in [1.165, 1.54) is 0 Å². The Labute approximate surface area is 74.2 Å². The summed E-state index contributed by atoms with van der Waals surface area (Å²) in [5, 5.41) is 0. The van der Waals surface area contributed by atoms with Crippen molar-refractivity contribution in [2.45, 2.75) is 12.2 Å². The highest BCUT2D eigenvalue weighted by molar-refractivity contribution is 14.1. The molecular formula is C6H10INO2. The Hall–Kier alpha value is 0.610. The van der Waals surface area contributed by atoms with Crippen LogP contribution in [0.5, 0.6) is 0 Å². The lowest BCUT2D eigenvalue weighted by Crippen LogP contribution is -2.21. The van der Waals surface area contributed by atoms with Crippen molar-refractivity contribution in [1.82, 2.24) is 3.11 Å². The van der Waals surface area contributed by atoms with E-state index < -0.39 is 0 Å². The molecule has 2 aliphatic heterocycles. The minimum absolute atomic E-state index is 0.510. The molecule has 0 aromatic heterocycles. The molecule has 0 aliphatic carbocycles. The van der Waals surface area contributed by atoms with Crippen molar-refractivity contribution in [3.05, 3.63) is 0 Å². The molecule has 0 aromatic carbocycles. The summed E-state index contributed by atoms with van der Waals surface area (Å²) in [7, 11) is 0. The van der Waals surface area contributed by atoms with Gasteiger partial charge in [0.15, 0.2) is 0 Å². The molecule has 0 N–H and O–H groups in total. The second-order valence-corrected chi connectivity index (χ2v) is 4.10. The molecule has 2 fully saturated rings. The van der Waals surface area contributed by atoms with Crippen LogP contribution in [-0.4, -0.2) is 41.6 Å². The van der Waals surface area contributed by atoms with Crippen molar-refractivity contribution in [1.29, 1.82) is 0 Å². The number of rotatable bonds is 4. The minimum atomic E-state index is 0.510. The summed E-state index contributed by atoms with van der Waals surface area (Å²) in [4.78, 5) is 0. The molecule has 58 valence electrons. The van der Waals surface area contributed by atoms with Gasteiger partial charge in [-0.3, -0.25) is 0 Å². The van der Waals surface area contributed by atoms with Gasteiger partial charge in [-0.15, -0.1) is 0 Å². The Morgan fingerprint density at radius 1 is 1.20 bits per heavy atom. The summed E-state index contributed by atoms with van der Waals surface area (Å²) in [6, 6.07) is 0. The Kier molecular flexibility index (Phi) is 2.13. The van der Waals surface area contributed by atoms with Gasteiger partial charge in [-0.1, -0.05) is 0 Å². The smallest absolute Gasteiger partial charge is 0.0944 e. The van der Waals surface area contributed by atoms with E-state index in [4.69, 9.17) is 9.47 Å². The van der Waals surface area contributed by atoms with Crippen molar-refractivity contribution in [2.75, 3.05) is 26.3 Å². The van der Waals surface area contributed by atoms with E-state index in [2.05, 4.69) is 26.0 Å². The number of hydrogen-bond donors (Lipinski definition) is 0. The van der Waals surface area contributed by atoms with Crippen LogP contribution in [0.1, 0.15) is 0 Å². The Morgan fingerprint density at radius 2 is 1.60 bits per heavy atom. The van der Waals surface area contributed by atoms with Crippen LogP contribution >= 0.6 is 22.9 Å². The number of halogens is 1. The summed E-state index contributed by atoms with van der Waals surface area (Å²) >= 11 is 2.33. The summed E-state index contributed by atoms with van der Waals surface area (Å²) in [6.45, 7) is 4.01. The maximum Gasteiger partial charge on any atom is 0.0944 e. The monoisotopic (exact) mass is 255 g/mol. The van der Waals surface area contributed by atoms with Gasteiger partial charge in [0.25, 0.3) is 0 Å². The van der Waals surface area contributed by atoms with Gasteiger partial charge >= 0.3 is 0 Å². The van der Waals surface area contributed by atoms with Gasteiger partial charge in [-0.05, 0) is 0 Å². The molecule has 0 amide bonds. The van der Waals surface area contributed by atoms with Crippen molar-refractivity contribution in [2.24, 2.45) is 0 Å². The topological polar surface area (TPSA) is 28.3 Å². The molecule has 2 rings (SSSR count). The molecule has 0 saturated carbocycles. The van der Waals surface area contributed by atoms with E-state index in [0.29, 0.717) is 12.2 Å². The number of ether oxygens (including phenoxy) is 2. The van der Waals surface area contributed by atoms with Crippen LogP contribution in [-0.2, 0) is 9.47 Å². The predicted octanol–water partition coefficient (Wildman–Crippen LogP) is 0.436. The summed E-state index contributed by atoms with van der Waals surface area (Å²) in [6.07, 6.45) is 1.02. The average Bonchev–Trinajstić information content (AvgIpc) is 2.59. The van der Waals surface area contributed by atoms with E-state index in [1.54, 1.807) is 0 Å². The zero-order valence-corrected chi connectivity index (χ0v) is 7.78. The zero-order chi connectivity index (χ0) is 6.97. The Bertz CT molecular complexity index is 111. The van der Waals surface area contributed by atoms with Gasteiger partial charge in [-0.2, -0.15) is 0 Å². The van der Waals surface area contributed by atoms with Crippen LogP contribution < -0.4 is 0 Å². The van der Waals surface area contributed by atoms with Crippen molar-refractivity contribution in [3.63, 3.8) is 0 Å². The molecule has 0 radical (unpaired) electrons. The first-order chi connectivity index (χ1) is 4.84. The quantitative estimate of drug-likeness (QED) is 0.414. The normalized spacial score (nSPS) is 36.6. The SMILES string of the molecule is IN(CC1CO1)CC1CO1. The van der Waals surface area contributed by atoms with E-state index in [0.717, 1.165) is 26.3 Å². The van der Waals surface area contributed by atoms with E-state index in [9.17, 15) is 0 Å². The van der Waals surface area contributed by atoms with Gasteiger partial charge in [0.05, 0.1) is 25.4 Å². The van der Waals surface area contributed by atoms with Crippen LogP contribution in [0.4, 0.5) is 0 Å². The fraction of sp³-hybridized carbons (Fsp3) is 1.00. The summed E-state index contributed by atoms with van der Waals surface area (Å²) in [5.74, 6) is 0. The van der Waals surface area contributed by atoms with Crippen LogP contribution in [0.25, 0.3) is 0 Å². The maximum atomic E-state index is 5.09. The molecule has 0 bridgehead atoms. The highest BCUT2D eigenvalue weighted by atomic mass is 127. The molecule has 2 saturated heterocycles. The standard InChI is InChI=1S/C6H10INO2/c7-8(1-5-3-9-5)2-6-4-10-6/h5-6H,1-4H2. The van der Waals surface area contributed by atoms with Crippen LogP contribution in [0.2, 0.25) is 0 Å². The fourth-order valence-electron chi connectivity index (χ4n) is 0.863. The lowest BCUT2D eigenvalue weighted by atomic mass is 10.4. The Balaban J connectivity index is 1.60. The lowest BCUT2D eigenvalue weighted by molar-refractivity contribution is 0.332. The first kappa shape index (κ1) is 7.27. The average molecular weight is 255 g/mol. The molecule has 0 aromatic rings. The molecular weight excluding hydrogens is 245 g/mol. The molecule has 2 aliphatic rings. The third kappa shape index (κ3) is 2.34. The zero-order valence-electron chi connectivity index (χ0n) is 5.62. The highest BCUT2D eigenvalue weighted by Gasteiger charge is 2.29. The molecule has 2 unspecified atom stereocenters. The fourth-order valence-corrected chi connectivity index (χ4v) is 1.74. The van der Waals surface area contributed by atoms with Crippen molar-refractivity contribution in [3.8, 4) is 0 Å². The van der Waals surface area contributed by atoms with Crippen LogP contribution in [0.3, 0.4) is 0 Å². The van der Waals surface area contributed by atoms with E-state index in [1.807, 2.05) is 0 Å². The van der Waals surface area contributed by atoms with E-state index in [-0.39, 0.29) is 0 Å². The third-order valence-electron chi connectivity index (χ3n) is 1.61. The molecule has 0 spiro atoms. The van der Waals surface area contributed by atoms with Crippen molar-refractivity contribution < 1.29 is 9.47 Å². The van der Waals surface area contributed by atoms with Crippen molar-refractivity contribution >= 4 is 22.9 Å². The van der Waals surface area contributed by atoms with Gasteiger partial charge in [0.2, 0.25) is 0 Å². The first-order valence-corrected chi connectivity index (χ1v) is 4.45. The number of hydrogen-bond acceptors (Lipinski definition) is 3. The highest BCUT2D eigenvalue weighted by Crippen LogP contribution is 2.17. The molecule has 2 atom stereocenters. The number of epoxide rings is 2. The lowest BCUT2D eigenvalue weighted by Gasteiger charge is -2.09. The molecule has 10 heavy (non-hydrogen) atoms. The Morgan fingerprint density at radius 3 is 1.90 bits per heavy atom. The molecule has 2 heterocycles. The van der Waals surface area contributed by atoms with Gasteiger partial charge in [-0.25, -0.2) is 3.11 Å². The second kappa shape index (κ2) is 2.92. The van der Waals surface area contributed by atoms with Crippen LogP contribution in [0.15, 0.2) is 0 Å². The third-order valence-corrected chi connectivity index (χ3v) is 2.40. The van der Waals surface area contributed by atoms with Gasteiger partial charge < -0.3 is 9.47 Å². The summed E-state index contributed by atoms with van der Waals surface area (Å²) in [5.41, 5.74) is 0. The minimum Gasteiger partial charge on any atom is -0.372 e. The molecule has 3 nitrogen and oxygen atoms in total. The van der Waals surface area contributed by atoms with Gasteiger partial charge in [0, 0.05) is 36.0 Å². The number of nitrogens with zero attached hydrogens (tertiary/aromatic N) is 1. The van der Waals surface area contributed by atoms with E-state index >= 15 is 0 Å². The largest absolute Gasteiger partial charge is 0.372 e. The first-order valence-electron chi connectivity index (χ1n) is 3.48.